The van der Waals surface area contributed by atoms with Crippen LogP contribution < -0.4 is 4.74 Å². The Balaban J connectivity index is 1.79. The number of carboxylic acid groups (broad SMARTS) is 1. The molecule has 0 aliphatic rings. The summed E-state index contributed by atoms with van der Waals surface area (Å²) in [5, 5.41) is 9.83. The van der Waals surface area contributed by atoms with Crippen LogP contribution in [0.5, 0.6) is 5.75 Å². The fourth-order valence-electron chi connectivity index (χ4n) is 2.64. The lowest BCUT2D eigenvalue weighted by Gasteiger charge is -2.10. The molecule has 3 rings (SSSR count). The van der Waals surface area contributed by atoms with Crippen molar-refractivity contribution in [3.63, 3.8) is 0 Å². The normalized spacial score (nSPS) is 10.7. The average Bonchev–Trinajstić information content (AvgIpc) is 2.59. The Hall–Kier alpha value is -2.88. The Morgan fingerprint density at radius 1 is 1.12 bits per heavy atom. The summed E-state index contributed by atoms with van der Waals surface area (Å²) >= 11 is 0. The molecule has 0 aliphatic heterocycles. The molecule has 24 heavy (non-hydrogen) atoms. The molecule has 1 heterocycles. The maximum atomic E-state index is 10.7. The number of carboxylic acids is 1. The molecule has 0 fully saturated rings. The van der Waals surface area contributed by atoms with Gasteiger partial charge in [-0.2, -0.15) is 0 Å². The number of pyridine rings is 1. The predicted molar refractivity (Wildman–Crippen MR) is 93.2 cm³/mol. The molecule has 1 N–H and O–H groups in total. The number of rotatable bonds is 6. The van der Waals surface area contributed by atoms with E-state index in [1.807, 2.05) is 61.5 Å². The van der Waals surface area contributed by atoms with Crippen LogP contribution in [-0.2, 0) is 17.8 Å². The van der Waals surface area contributed by atoms with Gasteiger partial charge in [0.25, 0.3) is 0 Å². The number of nitrogens with zero attached hydrogens (tertiary/aromatic N) is 1. The summed E-state index contributed by atoms with van der Waals surface area (Å²) < 4.78 is 5.86. The second-order valence-corrected chi connectivity index (χ2v) is 5.78. The highest BCUT2D eigenvalue weighted by Gasteiger charge is 2.07. The van der Waals surface area contributed by atoms with Gasteiger partial charge in [0.05, 0.1) is 11.9 Å². The first-order valence-electron chi connectivity index (χ1n) is 7.90. The third-order valence-electron chi connectivity index (χ3n) is 3.88. The molecule has 0 aliphatic carbocycles. The highest BCUT2D eigenvalue weighted by molar-refractivity contribution is 5.83. The smallest absolute Gasteiger partial charge is 0.303 e. The lowest BCUT2D eigenvalue weighted by Crippen LogP contribution is -2.00. The Kier molecular flexibility index (Phi) is 4.75. The second-order valence-electron chi connectivity index (χ2n) is 5.78. The number of ether oxygens (including phenoxy) is 1. The number of aliphatic carboxylic acids is 1. The lowest BCUT2D eigenvalue weighted by molar-refractivity contribution is -0.136. The van der Waals surface area contributed by atoms with Gasteiger partial charge < -0.3 is 9.84 Å². The Bertz CT molecular complexity index is 859. The molecule has 0 bridgehead atoms. The zero-order valence-corrected chi connectivity index (χ0v) is 13.5. The average molecular weight is 321 g/mol. The molecule has 4 heteroatoms. The maximum absolute atomic E-state index is 10.7. The Morgan fingerprint density at radius 2 is 1.92 bits per heavy atom. The zero-order chi connectivity index (χ0) is 16.9. The number of fused-ring (bicyclic) bond motifs is 1. The second kappa shape index (κ2) is 7.13. The third-order valence-corrected chi connectivity index (χ3v) is 3.88. The van der Waals surface area contributed by atoms with E-state index in [0.717, 1.165) is 33.5 Å². The van der Waals surface area contributed by atoms with Gasteiger partial charge in [0.15, 0.2) is 0 Å². The van der Waals surface area contributed by atoms with Gasteiger partial charge in [-0.15, -0.1) is 0 Å². The van der Waals surface area contributed by atoms with Crippen molar-refractivity contribution in [2.75, 3.05) is 0 Å². The molecule has 0 radical (unpaired) electrons. The number of carbonyl (C=O) groups is 1. The van der Waals surface area contributed by atoms with Crippen LogP contribution in [0.15, 0.2) is 54.6 Å². The summed E-state index contributed by atoms with van der Waals surface area (Å²) in [5.41, 5.74) is 3.87. The van der Waals surface area contributed by atoms with Crippen LogP contribution in [0.3, 0.4) is 0 Å². The van der Waals surface area contributed by atoms with Crippen molar-refractivity contribution in [2.24, 2.45) is 0 Å². The van der Waals surface area contributed by atoms with Crippen molar-refractivity contribution >= 4 is 16.9 Å². The van der Waals surface area contributed by atoms with Crippen LogP contribution in [0, 0.1) is 6.92 Å². The fourth-order valence-corrected chi connectivity index (χ4v) is 2.64. The third kappa shape index (κ3) is 3.90. The molecule has 0 spiro atoms. The molecule has 0 unspecified atom stereocenters. The van der Waals surface area contributed by atoms with E-state index in [1.54, 1.807) is 0 Å². The van der Waals surface area contributed by atoms with Crippen LogP contribution in [-0.4, -0.2) is 16.1 Å². The fraction of sp³-hybridized carbons (Fsp3) is 0.200. The van der Waals surface area contributed by atoms with Crippen molar-refractivity contribution in [1.82, 2.24) is 4.98 Å². The number of hydrogen-bond acceptors (Lipinski definition) is 3. The quantitative estimate of drug-likeness (QED) is 0.741. The van der Waals surface area contributed by atoms with Gasteiger partial charge in [0.1, 0.15) is 12.4 Å². The number of hydrogen-bond donors (Lipinski definition) is 1. The topological polar surface area (TPSA) is 59.4 Å². The van der Waals surface area contributed by atoms with Crippen molar-refractivity contribution in [1.29, 1.82) is 0 Å². The van der Waals surface area contributed by atoms with E-state index in [0.29, 0.717) is 13.0 Å². The number of benzene rings is 2. The molecule has 122 valence electrons. The molecular weight excluding hydrogens is 302 g/mol. The first kappa shape index (κ1) is 16.0. The number of aromatic nitrogens is 1. The molecule has 0 saturated heterocycles. The van der Waals surface area contributed by atoms with Crippen LogP contribution in [0.25, 0.3) is 10.9 Å². The summed E-state index contributed by atoms with van der Waals surface area (Å²) in [4.78, 5) is 15.3. The highest BCUT2D eigenvalue weighted by Crippen LogP contribution is 2.24. The van der Waals surface area contributed by atoms with E-state index in [4.69, 9.17) is 9.84 Å². The standard InChI is InChI=1S/C20H19NO3/c1-14-11-16(7-10-20(22)23)21-19-9-8-17(12-18(14)19)24-13-15-5-3-2-4-6-15/h2-6,8-9,11-12H,7,10,13H2,1H3,(H,22,23). The molecule has 0 saturated carbocycles. The van der Waals surface area contributed by atoms with Gasteiger partial charge in [-0.3, -0.25) is 9.78 Å². The molecular formula is C20H19NO3. The van der Waals surface area contributed by atoms with Gasteiger partial charge in [0, 0.05) is 17.5 Å². The largest absolute Gasteiger partial charge is 0.489 e. The Labute approximate surface area is 140 Å². The summed E-state index contributed by atoms with van der Waals surface area (Å²) in [6.45, 7) is 2.53. The zero-order valence-electron chi connectivity index (χ0n) is 13.5. The van der Waals surface area contributed by atoms with Gasteiger partial charge in [0.2, 0.25) is 0 Å². The molecule has 2 aromatic carbocycles. The van der Waals surface area contributed by atoms with Crippen molar-refractivity contribution < 1.29 is 14.6 Å². The lowest BCUT2D eigenvalue weighted by atomic mass is 10.1. The van der Waals surface area contributed by atoms with Crippen molar-refractivity contribution in [3.05, 3.63) is 71.4 Å². The molecule has 0 atom stereocenters. The minimum absolute atomic E-state index is 0.0935. The van der Waals surface area contributed by atoms with E-state index in [9.17, 15) is 4.79 Å². The summed E-state index contributed by atoms with van der Waals surface area (Å²) in [5.74, 6) is -0.00579. The van der Waals surface area contributed by atoms with Crippen molar-refractivity contribution in [2.45, 2.75) is 26.4 Å². The molecule has 3 aromatic rings. The summed E-state index contributed by atoms with van der Waals surface area (Å²) in [6, 6.07) is 17.8. The van der Waals surface area contributed by atoms with E-state index < -0.39 is 5.97 Å². The van der Waals surface area contributed by atoms with E-state index >= 15 is 0 Å². The van der Waals surface area contributed by atoms with Gasteiger partial charge in [-0.1, -0.05) is 30.3 Å². The molecule has 1 aromatic heterocycles. The summed E-state index contributed by atoms with van der Waals surface area (Å²) in [7, 11) is 0. The minimum atomic E-state index is -0.806. The van der Waals surface area contributed by atoms with Gasteiger partial charge in [-0.05, 0) is 42.3 Å². The van der Waals surface area contributed by atoms with E-state index in [2.05, 4.69) is 4.98 Å². The van der Waals surface area contributed by atoms with Crippen LogP contribution in [0.2, 0.25) is 0 Å². The van der Waals surface area contributed by atoms with Crippen molar-refractivity contribution in [3.8, 4) is 5.75 Å². The highest BCUT2D eigenvalue weighted by atomic mass is 16.5. The van der Waals surface area contributed by atoms with Crippen LogP contribution in [0.4, 0.5) is 0 Å². The SMILES string of the molecule is Cc1cc(CCC(=O)O)nc2ccc(OCc3ccccc3)cc12. The predicted octanol–water partition coefficient (Wildman–Crippen LogP) is 4.14. The van der Waals surface area contributed by atoms with Crippen LogP contribution >= 0.6 is 0 Å². The van der Waals surface area contributed by atoms with E-state index in [1.165, 1.54) is 0 Å². The van der Waals surface area contributed by atoms with Gasteiger partial charge in [-0.25, -0.2) is 0 Å². The number of aryl methyl sites for hydroxylation is 2. The van der Waals surface area contributed by atoms with E-state index in [-0.39, 0.29) is 6.42 Å². The minimum Gasteiger partial charge on any atom is -0.489 e. The maximum Gasteiger partial charge on any atom is 0.303 e. The molecule has 4 nitrogen and oxygen atoms in total. The summed E-state index contributed by atoms with van der Waals surface area (Å²) in [6.07, 6.45) is 0.536. The first-order chi connectivity index (χ1) is 11.6. The molecule has 0 amide bonds. The van der Waals surface area contributed by atoms with Gasteiger partial charge >= 0.3 is 5.97 Å². The first-order valence-corrected chi connectivity index (χ1v) is 7.90. The van der Waals surface area contributed by atoms with Crippen LogP contribution in [0.1, 0.15) is 23.2 Å². The monoisotopic (exact) mass is 321 g/mol. The Morgan fingerprint density at radius 3 is 2.67 bits per heavy atom.